The third-order valence-corrected chi connectivity index (χ3v) is 4.39. The molecule has 4 rings (SSSR count). The minimum Gasteiger partial charge on any atom is -0.471 e. The molecule has 1 atom stereocenters. The van der Waals surface area contributed by atoms with E-state index >= 15 is 0 Å². The third kappa shape index (κ3) is 3.31. The predicted molar refractivity (Wildman–Crippen MR) is 92.4 cm³/mol. The highest BCUT2D eigenvalue weighted by Gasteiger charge is 2.26. The van der Waals surface area contributed by atoms with Gasteiger partial charge in [-0.25, -0.2) is 4.98 Å². The lowest BCUT2D eigenvalue weighted by molar-refractivity contribution is 0.0525. The molecule has 1 aromatic carbocycles. The van der Waals surface area contributed by atoms with Crippen LogP contribution in [0, 0.1) is 6.92 Å². The second-order valence-electron chi connectivity index (χ2n) is 6.28. The van der Waals surface area contributed by atoms with E-state index < -0.39 is 0 Å². The standard InChI is InChI=1S/C18H19N5O2/c1-12-4-7-17(22-21-12)25-14-3-2-8-23(10-14)18(24)13-5-6-15-16(9-13)20-11-19-15/h4-7,9,11,14H,2-3,8,10H2,1H3,(H,19,20)/t14-/m0/s1. The fourth-order valence-corrected chi connectivity index (χ4v) is 3.09. The summed E-state index contributed by atoms with van der Waals surface area (Å²) < 4.78 is 5.90. The van der Waals surface area contributed by atoms with E-state index in [1.165, 1.54) is 0 Å². The summed E-state index contributed by atoms with van der Waals surface area (Å²) in [6.07, 6.45) is 3.37. The van der Waals surface area contributed by atoms with Gasteiger partial charge in [-0.1, -0.05) is 0 Å². The minimum absolute atomic E-state index is 0.0137. The molecular formula is C18H19N5O2. The molecule has 1 saturated heterocycles. The van der Waals surface area contributed by atoms with Gasteiger partial charge in [0, 0.05) is 18.2 Å². The third-order valence-electron chi connectivity index (χ3n) is 4.39. The van der Waals surface area contributed by atoms with Crippen LogP contribution in [0.1, 0.15) is 28.9 Å². The van der Waals surface area contributed by atoms with Crippen molar-refractivity contribution < 1.29 is 9.53 Å². The van der Waals surface area contributed by atoms with E-state index in [0.717, 1.165) is 36.1 Å². The second-order valence-corrected chi connectivity index (χ2v) is 6.28. The number of imidazole rings is 1. The summed E-state index contributed by atoms with van der Waals surface area (Å²) in [6, 6.07) is 9.21. The summed E-state index contributed by atoms with van der Waals surface area (Å²) in [5.74, 6) is 0.517. The average Bonchev–Trinajstić information content (AvgIpc) is 3.11. The lowest BCUT2D eigenvalue weighted by Crippen LogP contribution is -2.44. The Kier molecular flexibility index (Phi) is 4.05. The smallest absolute Gasteiger partial charge is 0.254 e. The van der Waals surface area contributed by atoms with Crippen molar-refractivity contribution in [2.24, 2.45) is 0 Å². The highest BCUT2D eigenvalue weighted by atomic mass is 16.5. The number of carbonyl (C=O) groups excluding carboxylic acids is 1. The molecule has 0 saturated carbocycles. The maximum atomic E-state index is 12.8. The highest BCUT2D eigenvalue weighted by Crippen LogP contribution is 2.19. The van der Waals surface area contributed by atoms with Gasteiger partial charge in [-0.05, 0) is 44.0 Å². The molecule has 0 unspecified atom stereocenters. The van der Waals surface area contributed by atoms with Gasteiger partial charge in [-0.2, -0.15) is 5.10 Å². The van der Waals surface area contributed by atoms with E-state index in [2.05, 4.69) is 20.2 Å². The Morgan fingerprint density at radius 1 is 1.28 bits per heavy atom. The first-order chi connectivity index (χ1) is 12.2. The first-order valence-corrected chi connectivity index (χ1v) is 8.38. The molecule has 2 aromatic heterocycles. The number of nitrogens with zero attached hydrogens (tertiary/aromatic N) is 4. The SMILES string of the molecule is Cc1ccc(O[C@H]2CCCN(C(=O)c3ccc4nc[nH]c4c3)C2)nn1. The molecule has 1 fully saturated rings. The Morgan fingerprint density at radius 2 is 2.20 bits per heavy atom. The summed E-state index contributed by atoms with van der Waals surface area (Å²) in [5.41, 5.74) is 3.23. The number of benzene rings is 1. The molecule has 3 heterocycles. The van der Waals surface area contributed by atoms with Crippen molar-refractivity contribution >= 4 is 16.9 Å². The maximum absolute atomic E-state index is 12.8. The molecular weight excluding hydrogens is 318 g/mol. The van der Waals surface area contributed by atoms with Crippen molar-refractivity contribution in [3.05, 3.63) is 47.9 Å². The molecule has 1 aliphatic rings. The number of H-pyrrole nitrogens is 1. The van der Waals surface area contributed by atoms with Gasteiger partial charge in [0.25, 0.3) is 5.91 Å². The zero-order chi connectivity index (χ0) is 17.2. The summed E-state index contributed by atoms with van der Waals surface area (Å²) in [5, 5.41) is 8.05. The van der Waals surface area contributed by atoms with E-state index in [-0.39, 0.29) is 12.0 Å². The summed E-state index contributed by atoms with van der Waals surface area (Å²) in [7, 11) is 0. The number of amides is 1. The minimum atomic E-state index is -0.0643. The maximum Gasteiger partial charge on any atom is 0.254 e. The van der Waals surface area contributed by atoms with Crippen LogP contribution in [0.4, 0.5) is 0 Å². The van der Waals surface area contributed by atoms with E-state index in [0.29, 0.717) is 18.0 Å². The monoisotopic (exact) mass is 337 g/mol. The van der Waals surface area contributed by atoms with Crippen LogP contribution in [-0.2, 0) is 0 Å². The molecule has 0 spiro atoms. The van der Waals surface area contributed by atoms with Crippen LogP contribution in [0.2, 0.25) is 0 Å². The summed E-state index contributed by atoms with van der Waals surface area (Å²) >= 11 is 0. The van der Waals surface area contributed by atoms with Crippen molar-refractivity contribution in [3.63, 3.8) is 0 Å². The fraction of sp³-hybridized carbons (Fsp3) is 0.333. The number of fused-ring (bicyclic) bond motifs is 1. The molecule has 7 heteroatoms. The molecule has 1 amide bonds. The van der Waals surface area contributed by atoms with Gasteiger partial charge < -0.3 is 14.6 Å². The number of ether oxygens (including phenoxy) is 1. The number of likely N-dealkylation sites (tertiary alicyclic amines) is 1. The number of aryl methyl sites for hydroxylation is 1. The Morgan fingerprint density at radius 3 is 3.04 bits per heavy atom. The van der Waals surface area contributed by atoms with Crippen LogP contribution in [0.3, 0.4) is 0 Å². The van der Waals surface area contributed by atoms with Crippen molar-refractivity contribution in [1.29, 1.82) is 0 Å². The molecule has 7 nitrogen and oxygen atoms in total. The number of piperidine rings is 1. The van der Waals surface area contributed by atoms with Crippen LogP contribution < -0.4 is 4.74 Å². The summed E-state index contributed by atoms with van der Waals surface area (Å²) in [6.45, 7) is 3.17. The molecule has 25 heavy (non-hydrogen) atoms. The summed E-state index contributed by atoms with van der Waals surface area (Å²) in [4.78, 5) is 21.9. The van der Waals surface area contributed by atoms with Gasteiger partial charge in [-0.3, -0.25) is 4.79 Å². The number of hydrogen-bond donors (Lipinski definition) is 1. The lowest BCUT2D eigenvalue weighted by Gasteiger charge is -2.32. The normalized spacial score (nSPS) is 17.6. The topological polar surface area (TPSA) is 84.0 Å². The zero-order valence-corrected chi connectivity index (χ0v) is 14.0. The van der Waals surface area contributed by atoms with Gasteiger partial charge in [-0.15, -0.1) is 5.10 Å². The van der Waals surface area contributed by atoms with E-state index in [1.807, 2.05) is 42.2 Å². The van der Waals surface area contributed by atoms with Crippen LogP contribution in [0.15, 0.2) is 36.7 Å². The number of nitrogens with one attached hydrogen (secondary N) is 1. The number of rotatable bonds is 3. The number of carbonyl (C=O) groups is 1. The van der Waals surface area contributed by atoms with Gasteiger partial charge in [0.2, 0.25) is 5.88 Å². The quantitative estimate of drug-likeness (QED) is 0.793. The van der Waals surface area contributed by atoms with E-state index in [4.69, 9.17) is 4.74 Å². The Bertz CT molecular complexity index is 890. The average molecular weight is 337 g/mol. The van der Waals surface area contributed by atoms with Crippen LogP contribution in [0.25, 0.3) is 11.0 Å². The number of aromatic amines is 1. The molecule has 1 N–H and O–H groups in total. The zero-order valence-electron chi connectivity index (χ0n) is 14.0. The van der Waals surface area contributed by atoms with Crippen LogP contribution in [0.5, 0.6) is 5.88 Å². The van der Waals surface area contributed by atoms with Gasteiger partial charge in [0.1, 0.15) is 6.10 Å². The molecule has 3 aromatic rings. The number of hydrogen-bond acceptors (Lipinski definition) is 5. The molecule has 0 aliphatic carbocycles. The van der Waals surface area contributed by atoms with Crippen LogP contribution >= 0.6 is 0 Å². The van der Waals surface area contributed by atoms with Gasteiger partial charge in [0.15, 0.2) is 0 Å². The van der Waals surface area contributed by atoms with Crippen molar-refractivity contribution in [2.75, 3.05) is 13.1 Å². The first-order valence-electron chi connectivity index (χ1n) is 8.38. The Labute approximate surface area is 145 Å². The highest BCUT2D eigenvalue weighted by molar-refractivity contribution is 5.97. The Hall–Kier alpha value is -2.96. The first kappa shape index (κ1) is 15.6. The largest absolute Gasteiger partial charge is 0.471 e. The molecule has 128 valence electrons. The van der Waals surface area contributed by atoms with Gasteiger partial charge >= 0.3 is 0 Å². The van der Waals surface area contributed by atoms with Crippen molar-refractivity contribution in [2.45, 2.75) is 25.9 Å². The van der Waals surface area contributed by atoms with Gasteiger partial charge in [0.05, 0.1) is 29.6 Å². The van der Waals surface area contributed by atoms with E-state index in [1.54, 1.807) is 6.33 Å². The lowest BCUT2D eigenvalue weighted by atomic mass is 10.1. The van der Waals surface area contributed by atoms with Crippen molar-refractivity contribution in [3.8, 4) is 5.88 Å². The van der Waals surface area contributed by atoms with Crippen molar-refractivity contribution in [1.82, 2.24) is 25.1 Å². The second kappa shape index (κ2) is 6.51. The number of aromatic nitrogens is 4. The van der Waals surface area contributed by atoms with E-state index in [9.17, 15) is 4.79 Å². The molecule has 0 radical (unpaired) electrons. The predicted octanol–water partition coefficient (Wildman–Crippen LogP) is 2.34. The molecule has 1 aliphatic heterocycles. The fourth-order valence-electron chi connectivity index (χ4n) is 3.09. The van der Waals surface area contributed by atoms with Crippen LogP contribution in [-0.4, -0.2) is 50.2 Å². The molecule has 0 bridgehead atoms. The Balaban J connectivity index is 1.46.